The van der Waals surface area contributed by atoms with Gasteiger partial charge in [-0.2, -0.15) is 4.31 Å². The Morgan fingerprint density at radius 1 is 1.21 bits per heavy atom. The van der Waals surface area contributed by atoms with Crippen LogP contribution in [0.25, 0.3) is 0 Å². The van der Waals surface area contributed by atoms with Crippen LogP contribution in [0.4, 0.5) is 5.69 Å². The van der Waals surface area contributed by atoms with Crippen LogP contribution in [0.2, 0.25) is 5.02 Å². The Balaban J connectivity index is 1.71. The number of piperidine rings is 1. The standard InChI is InChI=1S/C20H23ClN2O4S/c1-14-5-8-17(9-6-14)28(25,26)23-11-3-4-15(13-23)20(24)22-16-7-10-19(27-2)18(21)12-16/h5-10,12,15H,3-4,11,13H2,1-2H3,(H,22,24)/t15-/m0/s1. The smallest absolute Gasteiger partial charge is 0.243 e. The lowest BCUT2D eigenvalue weighted by molar-refractivity contribution is -0.120. The fourth-order valence-corrected chi connectivity index (χ4v) is 5.00. The van der Waals surface area contributed by atoms with Crippen molar-refractivity contribution in [3.8, 4) is 5.75 Å². The van der Waals surface area contributed by atoms with Gasteiger partial charge in [0.2, 0.25) is 15.9 Å². The monoisotopic (exact) mass is 422 g/mol. The maximum absolute atomic E-state index is 12.9. The first-order chi connectivity index (χ1) is 13.3. The van der Waals surface area contributed by atoms with Crippen LogP contribution in [-0.4, -0.2) is 38.8 Å². The molecule has 150 valence electrons. The molecule has 8 heteroatoms. The van der Waals surface area contributed by atoms with Gasteiger partial charge >= 0.3 is 0 Å². The largest absolute Gasteiger partial charge is 0.495 e. The molecule has 28 heavy (non-hydrogen) atoms. The van der Waals surface area contributed by atoms with E-state index in [9.17, 15) is 13.2 Å². The van der Waals surface area contributed by atoms with Gasteiger partial charge < -0.3 is 10.1 Å². The Morgan fingerprint density at radius 2 is 1.93 bits per heavy atom. The van der Waals surface area contributed by atoms with Crippen molar-refractivity contribution in [2.45, 2.75) is 24.7 Å². The predicted octanol–water partition coefficient (Wildman–Crippen LogP) is 3.70. The summed E-state index contributed by atoms with van der Waals surface area (Å²) in [4.78, 5) is 12.9. The molecule has 1 fully saturated rings. The summed E-state index contributed by atoms with van der Waals surface area (Å²) in [5, 5.41) is 3.22. The Labute approximate surface area is 170 Å². The fourth-order valence-electron chi connectivity index (χ4n) is 3.22. The number of hydrogen-bond donors (Lipinski definition) is 1. The minimum Gasteiger partial charge on any atom is -0.495 e. The number of benzene rings is 2. The molecule has 2 aromatic rings. The zero-order chi connectivity index (χ0) is 20.3. The molecular formula is C20H23ClN2O4S. The van der Waals surface area contributed by atoms with Crippen LogP contribution in [-0.2, 0) is 14.8 Å². The van der Waals surface area contributed by atoms with Crippen LogP contribution in [0.1, 0.15) is 18.4 Å². The van der Waals surface area contributed by atoms with E-state index in [4.69, 9.17) is 16.3 Å². The van der Waals surface area contributed by atoms with Crippen molar-refractivity contribution in [2.24, 2.45) is 5.92 Å². The lowest BCUT2D eigenvalue weighted by atomic mass is 9.98. The highest BCUT2D eigenvalue weighted by atomic mass is 35.5. The number of anilines is 1. The molecule has 0 bridgehead atoms. The number of halogens is 1. The molecule has 0 radical (unpaired) electrons. The van der Waals surface area contributed by atoms with Crippen LogP contribution in [0.3, 0.4) is 0 Å². The minimum atomic E-state index is -3.62. The molecule has 1 saturated heterocycles. The van der Waals surface area contributed by atoms with E-state index in [-0.39, 0.29) is 17.3 Å². The van der Waals surface area contributed by atoms with Gasteiger partial charge in [-0.1, -0.05) is 29.3 Å². The summed E-state index contributed by atoms with van der Waals surface area (Å²) in [6.45, 7) is 2.48. The summed E-state index contributed by atoms with van der Waals surface area (Å²) in [6.07, 6.45) is 1.27. The molecule has 0 aliphatic carbocycles. The number of rotatable bonds is 5. The van der Waals surface area contributed by atoms with Crippen molar-refractivity contribution < 1.29 is 17.9 Å². The zero-order valence-corrected chi connectivity index (χ0v) is 17.4. The van der Waals surface area contributed by atoms with E-state index in [2.05, 4.69) is 5.32 Å². The predicted molar refractivity (Wildman–Crippen MR) is 109 cm³/mol. The van der Waals surface area contributed by atoms with E-state index >= 15 is 0 Å². The van der Waals surface area contributed by atoms with Gasteiger partial charge in [-0.15, -0.1) is 0 Å². The summed E-state index contributed by atoms with van der Waals surface area (Å²) in [7, 11) is -2.10. The number of nitrogens with one attached hydrogen (secondary N) is 1. The van der Waals surface area contributed by atoms with Crippen LogP contribution in [0, 0.1) is 12.8 Å². The molecule has 6 nitrogen and oxygen atoms in total. The molecule has 0 spiro atoms. The zero-order valence-electron chi connectivity index (χ0n) is 15.8. The highest BCUT2D eigenvalue weighted by molar-refractivity contribution is 7.89. The van der Waals surface area contributed by atoms with Gasteiger partial charge in [-0.25, -0.2) is 8.42 Å². The Kier molecular flexibility index (Phi) is 6.27. The molecule has 0 saturated carbocycles. The minimum absolute atomic E-state index is 0.159. The summed E-state index contributed by atoms with van der Waals surface area (Å²) < 4.78 is 32.3. The van der Waals surface area contributed by atoms with Gasteiger partial charge in [0.15, 0.2) is 0 Å². The third kappa shape index (κ3) is 4.48. The summed E-state index contributed by atoms with van der Waals surface area (Å²) in [5.41, 5.74) is 1.54. The van der Waals surface area contributed by atoms with Gasteiger partial charge in [0.1, 0.15) is 5.75 Å². The molecule has 1 aliphatic heterocycles. The second-order valence-corrected chi connectivity index (χ2v) is 9.20. The molecule has 0 aromatic heterocycles. The van der Waals surface area contributed by atoms with Crippen molar-refractivity contribution in [2.75, 3.05) is 25.5 Å². The molecule has 3 rings (SSSR count). The van der Waals surface area contributed by atoms with Crippen molar-refractivity contribution >= 4 is 33.2 Å². The number of carbonyl (C=O) groups is 1. The van der Waals surface area contributed by atoms with Crippen LogP contribution < -0.4 is 10.1 Å². The van der Waals surface area contributed by atoms with Gasteiger partial charge in [0.05, 0.1) is 22.9 Å². The highest BCUT2D eigenvalue weighted by Crippen LogP contribution is 2.29. The topological polar surface area (TPSA) is 75.7 Å². The lowest BCUT2D eigenvalue weighted by Crippen LogP contribution is -2.43. The number of aryl methyl sites for hydroxylation is 1. The molecule has 1 atom stereocenters. The number of hydrogen-bond acceptors (Lipinski definition) is 4. The second-order valence-electron chi connectivity index (χ2n) is 6.85. The van der Waals surface area contributed by atoms with E-state index in [0.717, 1.165) is 5.56 Å². The van der Waals surface area contributed by atoms with Gasteiger partial charge in [-0.05, 0) is 50.1 Å². The normalized spacial score (nSPS) is 17.9. The number of methoxy groups -OCH3 is 1. The third-order valence-electron chi connectivity index (χ3n) is 4.83. The molecule has 2 aromatic carbocycles. The van der Waals surface area contributed by atoms with Gasteiger partial charge in [0, 0.05) is 18.8 Å². The van der Waals surface area contributed by atoms with Crippen molar-refractivity contribution in [1.82, 2.24) is 4.31 Å². The van der Waals surface area contributed by atoms with Gasteiger partial charge in [-0.3, -0.25) is 4.79 Å². The van der Waals surface area contributed by atoms with Crippen LogP contribution in [0.5, 0.6) is 5.75 Å². The molecule has 1 heterocycles. The van der Waals surface area contributed by atoms with E-state index < -0.39 is 15.9 Å². The molecule has 1 N–H and O–H groups in total. The fraction of sp³-hybridized carbons (Fsp3) is 0.350. The summed E-state index contributed by atoms with van der Waals surface area (Å²) in [6, 6.07) is 11.7. The van der Waals surface area contributed by atoms with E-state index in [0.29, 0.717) is 35.8 Å². The average Bonchev–Trinajstić information content (AvgIpc) is 2.68. The van der Waals surface area contributed by atoms with Crippen molar-refractivity contribution in [1.29, 1.82) is 0 Å². The first-order valence-electron chi connectivity index (χ1n) is 9.02. The summed E-state index contributed by atoms with van der Waals surface area (Å²) >= 11 is 6.10. The average molecular weight is 423 g/mol. The number of nitrogens with zero attached hydrogens (tertiary/aromatic N) is 1. The van der Waals surface area contributed by atoms with Crippen molar-refractivity contribution in [3.05, 3.63) is 53.1 Å². The Morgan fingerprint density at radius 3 is 2.57 bits per heavy atom. The first kappa shape index (κ1) is 20.6. The van der Waals surface area contributed by atoms with Crippen LogP contribution in [0.15, 0.2) is 47.4 Å². The van der Waals surface area contributed by atoms with E-state index in [1.807, 2.05) is 6.92 Å². The maximum atomic E-state index is 12.9. The Bertz CT molecular complexity index is 961. The quantitative estimate of drug-likeness (QED) is 0.797. The van der Waals surface area contributed by atoms with E-state index in [1.165, 1.54) is 11.4 Å². The first-order valence-corrected chi connectivity index (χ1v) is 10.8. The number of amides is 1. The second kappa shape index (κ2) is 8.51. The van der Waals surface area contributed by atoms with Gasteiger partial charge in [0.25, 0.3) is 0 Å². The Hall–Kier alpha value is -2.09. The molecule has 1 aliphatic rings. The maximum Gasteiger partial charge on any atom is 0.243 e. The van der Waals surface area contributed by atoms with Crippen molar-refractivity contribution in [3.63, 3.8) is 0 Å². The van der Waals surface area contributed by atoms with Crippen LogP contribution >= 0.6 is 11.6 Å². The lowest BCUT2D eigenvalue weighted by Gasteiger charge is -2.31. The number of ether oxygens (including phenoxy) is 1. The van der Waals surface area contributed by atoms with E-state index in [1.54, 1.807) is 42.5 Å². The number of sulfonamides is 1. The third-order valence-corrected chi connectivity index (χ3v) is 7.01. The SMILES string of the molecule is COc1ccc(NC(=O)[C@H]2CCCN(S(=O)(=O)c3ccc(C)cc3)C2)cc1Cl. The number of carbonyl (C=O) groups excluding carboxylic acids is 1. The molecular weight excluding hydrogens is 400 g/mol. The highest BCUT2D eigenvalue weighted by Gasteiger charge is 2.33. The molecule has 0 unspecified atom stereocenters. The summed E-state index contributed by atoms with van der Waals surface area (Å²) in [5.74, 6) is -0.118. The molecule has 1 amide bonds.